The minimum Gasteiger partial charge on any atom is -0.496 e. The minimum absolute atomic E-state index is 0.226. The monoisotopic (exact) mass is 367 g/mol. The molecule has 1 aromatic rings. The van der Waals surface area contributed by atoms with Gasteiger partial charge in [-0.1, -0.05) is 11.6 Å². The molecular formula is C15H21ClF3N3O2. The summed E-state index contributed by atoms with van der Waals surface area (Å²) >= 11 is 5.90. The van der Waals surface area contributed by atoms with Gasteiger partial charge in [0.2, 0.25) is 0 Å². The zero-order valence-electron chi connectivity index (χ0n) is 13.5. The van der Waals surface area contributed by atoms with Crippen LogP contribution in [0.2, 0.25) is 5.02 Å². The summed E-state index contributed by atoms with van der Waals surface area (Å²) in [5, 5.41) is 5.76. The van der Waals surface area contributed by atoms with E-state index in [1.165, 1.54) is 14.2 Å². The number of alkyl halides is 3. The van der Waals surface area contributed by atoms with Crippen LogP contribution in [0.4, 0.5) is 18.0 Å². The van der Waals surface area contributed by atoms with Crippen molar-refractivity contribution in [2.24, 2.45) is 0 Å². The topological polar surface area (TPSA) is 53.6 Å². The number of rotatable bonds is 8. The van der Waals surface area contributed by atoms with E-state index in [-0.39, 0.29) is 19.6 Å². The van der Waals surface area contributed by atoms with E-state index in [9.17, 15) is 18.0 Å². The predicted octanol–water partition coefficient (Wildman–Crippen LogP) is 3.03. The number of hydrogen-bond donors (Lipinski definition) is 2. The number of halogens is 4. The van der Waals surface area contributed by atoms with Crippen molar-refractivity contribution in [2.75, 3.05) is 33.8 Å². The molecule has 0 heterocycles. The summed E-state index contributed by atoms with van der Waals surface area (Å²) in [5.74, 6) is 0.605. The molecule has 2 N–H and O–H groups in total. The zero-order valence-corrected chi connectivity index (χ0v) is 14.3. The standard InChI is InChI=1S/C15H21ClF3N3O2/c1-22(10-15(17,18)19)7-3-6-20-14(23)21-9-11-8-12(16)4-5-13(11)24-2/h4-5,8H,3,6-7,9-10H2,1-2H3,(H2,20,21,23). The molecule has 0 aliphatic carbocycles. The summed E-state index contributed by atoms with van der Waals surface area (Å²) in [6, 6.07) is 4.66. The lowest BCUT2D eigenvalue weighted by molar-refractivity contribution is -0.143. The molecule has 0 unspecified atom stereocenters. The number of urea groups is 1. The van der Waals surface area contributed by atoms with Crippen molar-refractivity contribution in [1.82, 2.24) is 15.5 Å². The van der Waals surface area contributed by atoms with Gasteiger partial charge in [0.1, 0.15) is 5.75 Å². The molecule has 0 spiro atoms. The first-order valence-electron chi connectivity index (χ1n) is 7.30. The molecule has 0 aliphatic heterocycles. The highest BCUT2D eigenvalue weighted by molar-refractivity contribution is 6.30. The second-order valence-electron chi connectivity index (χ2n) is 5.27. The first kappa shape index (κ1) is 20.4. The lowest BCUT2D eigenvalue weighted by atomic mass is 10.2. The molecule has 9 heteroatoms. The van der Waals surface area contributed by atoms with Gasteiger partial charge < -0.3 is 15.4 Å². The fraction of sp³-hybridized carbons (Fsp3) is 0.533. The Morgan fingerprint density at radius 3 is 2.67 bits per heavy atom. The third-order valence-corrected chi connectivity index (χ3v) is 3.37. The largest absolute Gasteiger partial charge is 0.496 e. The summed E-state index contributed by atoms with van der Waals surface area (Å²) in [6.07, 6.45) is -3.80. The molecular weight excluding hydrogens is 347 g/mol. The van der Waals surface area contributed by atoms with E-state index >= 15 is 0 Å². The average Bonchev–Trinajstić information content (AvgIpc) is 2.48. The second kappa shape index (κ2) is 9.58. The Morgan fingerprint density at radius 1 is 1.33 bits per heavy atom. The van der Waals surface area contributed by atoms with E-state index in [1.807, 2.05) is 0 Å². The van der Waals surface area contributed by atoms with Gasteiger partial charge in [0, 0.05) is 23.7 Å². The van der Waals surface area contributed by atoms with Crippen LogP contribution in [0.1, 0.15) is 12.0 Å². The summed E-state index contributed by atoms with van der Waals surface area (Å²) < 4.78 is 41.6. The zero-order chi connectivity index (χ0) is 18.2. The van der Waals surface area contributed by atoms with Crippen molar-refractivity contribution in [1.29, 1.82) is 0 Å². The maximum atomic E-state index is 12.2. The number of nitrogens with one attached hydrogen (secondary N) is 2. The van der Waals surface area contributed by atoms with Crippen LogP contribution in [0.15, 0.2) is 18.2 Å². The molecule has 0 radical (unpaired) electrons. The number of carbonyl (C=O) groups is 1. The second-order valence-corrected chi connectivity index (χ2v) is 5.71. The third kappa shape index (κ3) is 8.26. The average molecular weight is 368 g/mol. The van der Waals surface area contributed by atoms with Crippen molar-refractivity contribution in [3.8, 4) is 5.75 Å². The highest BCUT2D eigenvalue weighted by Gasteiger charge is 2.28. The van der Waals surface area contributed by atoms with Gasteiger partial charge in [-0.25, -0.2) is 4.79 Å². The summed E-state index contributed by atoms with van der Waals surface area (Å²) in [7, 11) is 2.91. The van der Waals surface area contributed by atoms with Crippen LogP contribution < -0.4 is 15.4 Å². The van der Waals surface area contributed by atoms with Gasteiger partial charge in [0.25, 0.3) is 0 Å². The smallest absolute Gasteiger partial charge is 0.401 e. The summed E-state index contributed by atoms with van der Waals surface area (Å²) in [4.78, 5) is 12.8. The van der Waals surface area contributed by atoms with Crippen LogP contribution in [0.3, 0.4) is 0 Å². The van der Waals surface area contributed by atoms with Crippen molar-refractivity contribution in [2.45, 2.75) is 19.1 Å². The van der Waals surface area contributed by atoms with Gasteiger partial charge in [0.05, 0.1) is 13.7 Å². The Morgan fingerprint density at radius 2 is 2.04 bits per heavy atom. The Labute approximate surface area is 144 Å². The number of methoxy groups -OCH3 is 1. The number of hydrogen-bond acceptors (Lipinski definition) is 3. The highest BCUT2D eigenvalue weighted by atomic mass is 35.5. The molecule has 0 bridgehead atoms. The Hall–Kier alpha value is -1.67. The third-order valence-electron chi connectivity index (χ3n) is 3.13. The molecule has 24 heavy (non-hydrogen) atoms. The van der Waals surface area contributed by atoms with Gasteiger partial charge in [-0.15, -0.1) is 0 Å². The molecule has 1 aromatic carbocycles. The normalized spacial score (nSPS) is 11.5. The maximum Gasteiger partial charge on any atom is 0.401 e. The minimum atomic E-state index is -4.21. The van der Waals surface area contributed by atoms with Gasteiger partial charge in [0.15, 0.2) is 0 Å². The number of carbonyl (C=O) groups excluding carboxylic acids is 1. The summed E-state index contributed by atoms with van der Waals surface area (Å²) in [6.45, 7) is -0.222. The molecule has 0 saturated heterocycles. The van der Waals surface area contributed by atoms with Gasteiger partial charge in [-0.3, -0.25) is 4.90 Å². The lowest BCUT2D eigenvalue weighted by Crippen LogP contribution is -2.37. The Bertz CT molecular complexity index is 541. The van der Waals surface area contributed by atoms with E-state index in [4.69, 9.17) is 16.3 Å². The molecule has 0 aliphatic rings. The number of ether oxygens (including phenoxy) is 1. The number of benzene rings is 1. The van der Waals surface area contributed by atoms with Crippen LogP contribution >= 0.6 is 11.6 Å². The fourth-order valence-electron chi connectivity index (χ4n) is 2.06. The fourth-order valence-corrected chi connectivity index (χ4v) is 2.25. The molecule has 136 valence electrons. The molecule has 1 rings (SSSR count). The van der Waals surface area contributed by atoms with Gasteiger partial charge in [-0.2, -0.15) is 13.2 Å². The van der Waals surface area contributed by atoms with E-state index in [2.05, 4.69) is 10.6 Å². The van der Waals surface area contributed by atoms with Crippen LogP contribution in [0.25, 0.3) is 0 Å². The maximum absolute atomic E-state index is 12.2. The van der Waals surface area contributed by atoms with E-state index in [0.29, 0.717) is 17.2 Å². The highest BCUT2D eigenvalue weighted by Crippen LogP contribution is 2.22. The van der Waals surface area contributed by atoms with Crippen molar-refractivity contribution in [3.63, 3.8) is 0 Å². The van der Waals surface area contributed by atoms with Crippen molar-refractivity contribution in [3.05, 3.63) is 28.8 Å². The summed E-state index contributed by atoms with van der Waals surface area (Å²) in [5.41, 5.74) is 0.727. The number of nitrogens with zero attached hydrogens (tertiary/aromatic N) is 1. The first-order chi connectivity index (χ1) is 11.2. The van der Waals surface area contributed by atoms with Gasteiger partial charge in [-0.05, 0) is 38.2 Å². The molecule has 0 saturated carbocycles. The lowest BCUT2D eigenvalue weighted by Gasteiger charge is -2.18. The van der Waals surface area contributed by atoms with Crippen LogP contribution in [-0.4, -0.2) is 50.9 Å². The van der Waals surface area contributed by atoms with Crippen LogP contribution in [0, 0.1) is 0 Å². The molecule has 0 aromatic heterocycles. The SMILES string of the molecule is COc1ccc(Cl)cc1CNC(=O)NCCCN(C)CC(F)(F)F. The van der Waals surface area contributed by atoms with E-state index < -0.39 is 18.8 Å². The quantitative estimate of drug-likeness (QED) is 0.694. The van der Waals surface area contributed by atoms with Crippen LogP contribution in [-0.2, 0) is 6.54 Å². The molecule has 5 nitrogen and oxygen atoms in total. The van der Waals surface area contributed by atoms with E-state index in [1.54, 1.807) is 18.2 Å². The molecule has 2 amide bonds. The molecule has 0 atom stereocenters. The van der Waals surface area contributed by atoms with E-state index in [0.717, 1.165) is 10.5 Å². The number of amides is 2. The predicted molar refractivity (Wildman–Crippen MR) is 86.4 cm³/mol. The first-order valence-corrected chi connectivity index (χ1v) is 7.68. The Kier molecular flexibility index (Phi) is 8.14. The molecule has 0 fully saturated rings. The van der Waals surface area contributed by atoms with Crippen molar-refractivity contribution < 1.29 is 22.7 Å². The van der Waals surface area contributed by atoms with Crippen LogP contribution in [0.5, 0.6) is 5.75 Å². The van der Waals surface area contributed by atoms with Gasteiger partial charge >= 0.3 is 12.2 Å². The van der Waals surface area contributed by atoms with Crippen molar-refractivity contribution >= 4 is 17.6 Å². The Balaban J connectivity index is 2.27.